The molecular weight excluding hydrogens is 316 g/mol. The summed E-state index contributed by atoms with van der Waals surface area (Å²) in [6.07, 6.45) is 3.14. The number of nitrogens with zero attached hydrogens (tertiary/aromatic N) is 2. The van der Waals surface area contributed by atoms with Crippen LogP contribution in [0, 0.1) is 22.7 Å². The number of hydrogen-bond acceptors (Lipinski definition) is 7. The summed E-state index contributed by atoms with van der Waals surface area (Å²) in [6.45, 7) is 2.01. The van der Waals surface area contributed by atoms with Gasteiger partial charge >= 0.3 is 5.97 Å². The molecule has 124 valence electrons. The number of esters is 1. The first kappa shape index (κ1) is 17.3. The molecule has 2 rings (SSSR count). The van der Waals surface area contributed by atoms with Gasteiger partial charge in [-0.05, 0) is 19.8 Å². The second-order valence-corrected chi connectivity index (χ2v) is 6.61. The summed E-state index contributed by atoms with van der Waals surface area (Å²) in [4.78, 5) is 27.9. The fourth-order valence-corrected chi connectivity index (χ4v) is 4.45. The maximum Gasteiger partial charge on any atom is 0.316 e. The van der Waals surface area contributed by atoms with Crippen molar-refractivity contribution in [1.82, 2.24) is 0 Å². The van der Waals surface area contributed by atoms with Crippen LogP contribution in [0.1, 0.15) is 32.6 Å². The number of hydrogen-bond donors (Lipinski definition) is 2. The molecule has 1 saturated carbocycles. The monoisotopic (exact) mass is 336 g/mol. The van der Waals surface area contributed by atoms with Crippen molar-refractivity contribution in [2.24, 2.45) is 27.8 Å². The van der Waals surface area contributed by atoms with E-state index >= 15 is 0 Å². The van der Waals surface area contributed by atoms with E-state index in [1.807, 2.05) is 0 Å². The second-order valence-electron chi connectivity index (χ2n) is 5.61. The molecule has 1 fully saturated rings. The molecule has 8 heteroatoms. The molecule has 0 aromatic rings. The molecule has 1 spiro atoms. The smallest absolute Gasteiger partial charge is 0.316 e. The SMILES string of the molecule is CCOC(=O)CSC1=NC(N)=C(C#N)C2(CCCC2)C1C(N)=O. The lowest BCUT2D eigenvalue weighted by molar-refractivity contribution is -0.139. The minimum Gasteiger partial charge on any atom is -0.465 e. The first-order chi connectivity index (χ1) is 11.0. The lowest BCUT2D eigenvalue weighted by Crippen LogP contribution is -2.46. The quantitative estimate of drug-likeness (QED) is 0.738. The van der Waals surface area contributed by atoms with Crippen molar-refractivity contribution in [3.63, 3.8) is 0 Å². The van der Waals surface area contributed by atoms with Crippen LogP contribution in [0.25, 0.3) is 0 Å². The summed E-state index contributed by atoms with van der Waals surface area (Å²) < 4.78 is 4.89. The third-order valence-corrected chi connectivity index (χ3v) is 5.32. The predicted octanol–water partition coefficient (Wildman–Crippen LogP) is 1.05. The van der Waals surface area contributed by atoms with Crippen molar-refractivity contribution in [2.45, 2.75) is 32.6 Å². The number of amides is 1. The van der Waals surface area contributed by atoms with E-state index in [0.29, 0.717) is 23.5 Å². The van der Waals surface area contributed by atoms with Crippen molar-refractivity contribution >= 4 is 28.7 Å². The van der Waals surface area contributed by atoms with Gasteiger partial charge in [0.2, 0.25) is 5.91 Å². The molecule has 7 nitrogen and oxygen atoms in total. The number of allylic oxidation sites excluding steroid dienone is 1. The molecular formula is C15H20N4O3S. The summed E-state index contributed by atoms with van der Waals surface area (Å²) in [6, 6.07) is 2.12. The van der Waals surface area contributed by atoms with Crippen molar-refractivity contribution in [1.29, 1.82) is 5.26 Å². The Morgan fingerprint density at radius 3 is 2.65 bits per heavy atom. The number of thioether (sulfide) groups is 1. The van der Waals surface area contributed by atoms with Crippen LogP contribution in [0.3, 0.4) is 0 Å². The highest BCUT2D eigenvalue weighted by molar-refractivity contribution is 8.14. The highest BCUT2D eigenvalue weighted by Gasteiger charge is 2.52. The molecule has 1 atom stereocenters. The summed E-state index contributed by atoms with van der Waals surface area (Å²) in [5.74, 6) is -1.49. The fraction of sp³-hybridized carbons (Fsp3) is 0.600. The molecule has 0 radical (unpaired) electrons. The zero-order valence-electron chi connectivity index (χ0n) is 13.0. The van der Waals surface area contributed by atoms with Gasteiger partial charge in [0.05, 0.1) is 35.0 Å². The average Bonchev–Trinajstić information content (AvgIpc) is 2.94. The van der Waals surface area contributed by atoms with Crippen LogP contribution in [0.2, 0.25) is 0 Å². The molecule has 0 saturated heterocycles. The van der Waals surface area contributed by atoms with E-state index < -0.39 is 23.2 Å². The maximum absolute atomic E-state index is 12.1. The van der Waals surface area contributed by atoms with Gasteiger partial charge in [-0.3, -0.25) is 9.59 Å². The van der Waals surface area contributed by atoms with Gasteiger partial charge in [0, 0.05) is 5.41 Å². The van der Waals surface area contributed by atoms with Gasteiger partial charge in [0.1, 0.15) is 5.82 Å². The number of rotatable bonds is 4. The maximum atomic E-state index is 12.1. The van der Waals surface area contributed by atoms with E-state index in [4.69, 9.17) is 16.2 Å². The molecule has 4 N–H and O–H groups in total. The lowest BCUT2D eigenvalue weighted by Gasteiger charge is -2.38. The Labute approximate surface area is 139 Å². The van der Waals surface area contributed by atoms with Gasteiger partial charge in [-0.25, -0.2) is 4.99 Å². The number of carbonyl (C=O) groups is 2. The van der Waals surface area contributed by atoms with Crippen LogP contribution in [0.4, 0.5) is 0 Å². The highest BCUT2D eigenvalue weighted by Crippen LogP contribution is 2.53. The molecule has 0 aromatic heterocycles. The number of aliphatic imine (C=N–C) groups is 1. The zero-order chi connectivity index (χ0) is 17.0. The molecule has 1 aliphatic carbocycles. The van der Waals surface area contributed by atoms with Crippen LogP contribution in [-0.4, -0.2) is 29.3 Å². The van der Waals surface area contributed by atoms with Gasteiger partial charge in [-0.2, -0.15) is 5.26 Å². The van der Waals surface area contributed by atoms with Crippen LogP contribution in [0.15, 0.2) is 16.4 Å². The molecule has 1 aliphatic heterocycles. The predicted molar refractivity (Wildman–Crippen MR) is 86.9 cm³/mol. The van der Waals surface area contributed by atoms with Crippen molar-refractivity contribution in [3.8, 4) is 6.07 Å². The minimum absolute atomic E-state index is 0.0295. The van der Waals surface area contributed by atoms with Gasteiger partial charge in [-0.15, -0.1) is 0 Å². The van der Waals surface area contributed by atoms with Crippen LogP contribution >= 0.6 is 11.8 Å². The van der Waals surface area contributed by atoms with Gasteiger partial charge in [-0.1, -0.05) is 24.6 Å². The summed E-state index contributed by atoms with van der Waals surface area (Å²) >= 11 is 1.11. The second kappa shape index (κ2) is 7.04. The normalized spacial score (nSPS) is 22.6. The largest absolute Gasteiger partial charge is 0.465 e. The topological polar surface area (TPSA) is 132 Å². The van der Waals surface area contributed by atoms with Gasteiger partial charge in [0.25, 0.3) is 0 Å². The highest BCUT2D eigenvalue weighted by atomic mass is 32.2. The Balaban J connectivity index is 2.36. The minimum atomic E-state index is -0.716. The molecule has 1 amide bonds. The summed E-state index contributed by atoms with van der Waals surface area (Å²) in [7, 11) is 0. The zero-order valence-corrected chi connectivity index (χ0v) is 13.8. The Morgan fingerprint density at radius 1 is 1.48 bits per heavy atom. The summed E-state index contributed by atoms with van der Waals surface area (Å²) in [5, 5.41) is 9.88. The molecule has 1 unspecified atom stereocenters. The Bertz CT molecular complexity index is 615. The molecule has 0 bridgehead atoms. The Kier molecular flexibility index (Phi) is 5.31. The fourth-order valence-electron chi connectivity index (χ4n) is 3.43. The van der Waals surface area contributed by atoms with Crippen molar-refractivity contribution in [2.75, 3.05) is 12.4 Å². The van der Waals surface area contributed by atoms with Crippen LogP contribution in [-0.2, 0) is 14.3 Å². The molecule has 23 heavy (non-hydrogen) atoms. The van der Waals surface area contributed by atoms with E-state index in [9.17, 15) is 14.9 Å². The Hall–Kier alpha value is -2.01. The van der Waals surface area contributed by atoms with E-state index in [-0.39, 0.29) is 18.2 Å². The Morgan fingerprint density at radius 2 is 2.13 bits per heavy atom. The lowest BCUT2D eigenvalue weighted by atomic mass is 9.67. The van der Waals surface area contributed by atoms with E-state index in [0.717, 1.165) is 24.6 Å². The molecule has 2 aliphatic rings. The van der Waals surface area contributed by atoms with E-state index in [1.54, 1.807) is 6.92 Å². The average molecular weight is 336 g/mol. The number of nitrogens with two attached hydrogens (primary N) is 2. The van der Waals surface area contributed by atoms with E-state index in [1.165, 1.54) is 0 Å². The summed E-state index contributed by atoms with van der Waals surface area (Å²) in [5.41, 5.74) is 11.2. The van der Waals surface area contributed by atoms with Crippen molar-refractivity contribution < 1.29 is 14.3 Å². The first-order valence-corrected chi connectivity index (χ1v) is 8.51. The van der Waals surface area contributed by atoms with Crippen LogP contribution in [0.5, 0.6) is 0 Å². The third kappa shape index (κ3) is 3.20. The molecule has 0 aromatic carbocycles. The van der Waals surface area contributed by atoms with Crippen molar-refractivity contribution in [3.05, 3.63) is 11.4 Å². The number of carbonyl (C=O) groups excluding carboxylic acids is 2. The number of ether oxygens (including phenoxy) is 1. The van der Waals surface area contributed by atoms with Crippen LogP contribution < -0.4 is 11.5 Å². The van der Waals surface area contributed by atoms with Gasteiger partial charge < -0.3 is 16.2 Å². The van der Waals surface area contributed by atoms with E-state index in [2.05, 4.69) is 11.1 Å². The first-order valence-electron chi connectivity index (χ1n) is 7.53. The standard InChI is InChI=1S/C15H20N4O3S/c1-2-22-10(20)8-23-14-11(13(18)21)15(5-3-4-6-15)9(7-16)12(17)19-14/h11H,2-6,8,17H2,1H3,(H2,18,21). The third-order valence-electron chi connectivity index (χ3n) is 4.32. The number of primary amides is 1. The number of nitriles is 1. The molecule has 1 heterocycles. The van der Waals surface area contributed by atoms with Gasteiger partial charge in [0.15, 0.2) is 0 Å².